The number of rotatable bonds is 3. The van der Waals surface area contributed by atoms with Crippen LogP contribution in [0.4, 0.5) is 10.2 Å². The number of halogens is 2. The normalized spacial score (nSPS) is 16.2. The van der Waals surface area contributed by atoms with Gasteiger partial charge in [0, 0.05) is 19.1 Å². The minimum atomic E-state index is -0.533. The summed E-state index contributed by atoms with van der Waals surface area (Å²) >= 11 is 5.63. The Morgan fingerprint density at radius 1 is 1.58 bits per heavy atom. The summed E-state index contributed by atoms with van der Waals surface area (Å²) in [7, 11) is 0. The number of amides is 1. The van der Waals surface area contributed by atoms with Gasteiger partial charge in [-0.1, -0.05) is 6.58 Å². The minimum absolute atomic E-state index is 0.00294. The maximum absolute atomic E-state index is 13.5. The molecule has 0 aromatic carbocycles. The Bertz CT molecular complexity index is 489. The average Bonchev–Trinajstić information content (AvgIpc) is 2.43. The van der Waals surface area contributed by atoms with Crippen LogP contribution in [0.15, 0.2) is 18.9 Å². The molecular weight excluding hydrogens is 271 g/mol. The van der Waals surface area contributed by atoms with Crippen molar-refractivity contribution in [1.82, 2.24) is 14.9 Å². The third-order valence-electron chi connectivity index (χ3n) is 3.04. The third-order valence-corrected chi connectivity index (χ3v) is 3.22. The Balaban J connectivity index is 1.94. The molecule has 0 saturated carbocycles. The SMILES string of the molecule is C=CC(=O)N1CCC(Nc2nc(Cl)ncc2F)CC1. The molecule has 0 radical (unpaired) electrons. The highest BCUT2D eigenvalue weighted by atomic mass is 35.5. The van der Waals surface area contributed by atoms with E-state index in [2.05, 4.69) is 21.9 Å². The number of carbonyl (C=O) groups excluding carboxylic acids is 1. The fourth-order valence-corrected chi connectivity index (χ4v) is 2.15. The third kappa shape index (κ3) is 3.41. The Labute approximate surface area is 115 Å². The first-order valence-corrected chi connectivity index (χ1v) is 6.34. The Kier molecular flexibility index (Phi) is 4.31. The molecule has 1 aliphatic heterocycles. The van der Waals surface area contributed by atoms with Gasteiger partial charge in [0.2, 0.25) is 11.2 Å². The van der Waals surface area contributed by atoms with Gasteiger partial charge in [0.05, 0.1) is 6.20 Å². The summed E-state index contributed by atoms with van der Waals surface area (Å²) in [5, 5.41) is 3.00. The summed E-state index contributed by atoms with van der Waals surface area (Å²) in [5.41, 5.74) is 0. The molecule has 0 bridgehead atoms. The number of aromatic nitrogens is 2. The van der Waals surface area contributed by atoms with Crippen LogP contribution < -0.4 is 5.32 Å². The Morgan fingerprint density at radius 2 is 2.26 bits per heavy atom. The summed E-state index contributed by atoms with van der Waals surface area (Å²) in [5.74, 6) is -0.503. The lowest BCUT2D eigenvalue weighted by molar-refractivity contribution is -0.126. The summed E-state index contributed by atoms with van der Waals surface area (Å²) in [4.78, 5) is 20.5. The smallest absolute Gasteiger partial charge is 0.245 e. The standard InChI is InChI=1S/C12H14ClFN4O/c1-2-10(19)18-5-3-8(4-6-18)16-11-9(14)7-15-12(13)17-11/h2,7-8H,1,3-6H2,(H,15,16,17). The molecule has 1 saturated heterocycles. The van der Waals surface area contributed by atoms with Crippen molar-refractivity contribution in [1.29, 1.82) is 0 Å². The maximum atomic E-state index is 13.5. The van der Waals surface area contributed by atoms with E-state index in [1.165, 1.54) is 6.08 Å². The molecule has 1 amide bonds. The van der Waals surface area contributed by atoms with Gasteiger partial charge in [0.1, 0.15) is 0 Å². The first-order valence-electron chi connectivity index (χ1n) is 5.96. The molecule has 0 spiro atoms. The molecule has 5 nitrogen and oxygen atoms in total. The van der Waals surface area contributed by atoms with Crippen LogP contribution in [0.1, 0.15) is 12.8 Å². The van der Waals surface area contributed by atoms with Crippen LogP contribution in [0.2, 0.25) is 5.28 Å². The highest BCUT2D eigenvalue weighted by Gasteiger charge is 2.22. The van der Waals surface area contributed by atoms with E-state index in [9.17, 15) is 9.18 Å². The monoisotopic (exact) mass is 284 g/mol. The van der Waals surface area contributed by atoms with Crippen LogP contribution in [0, 0.1) is 5.82 Å². The first-order chi connectivity index (χ1) is 9.10. The van der Waals surface area contributed by atoms with Crippen LogP contribution in [-0.4, -0.2) is 39.9 Å². The number of nitrogens with zero attached hydrogens (tertiary/aromatic N) is 3. The Morgan fingerprint density at radius 3 is 2.89 bits per heavy atom. The van der Waals surface area contributed by atoms with Crippen LogP contribution in [0.5, 0.6) is 0 Å². The lowest BCUT2D eigenvalue weighted by atomic mass is 10.0. The zero-order valence-corrected chi connectivity index (χ0v) is 11.0. The number of anilines is 1. The summed E-state index contributed by atoms with van der Waals surface area (Å²) in [6.07, 6.45) is 3.78. The van der Waals surface area contributed by atoms with E-state index in [4.69, 9.17) is 11.6 Å². The second kappa shape index (κ2) is 5.97. The van der Waals surface area contributed by atoms with Gasteiger partial charge < -0.3 is 10.2 Å². The van der Waals surface area contributed by atoms with Gasteiger partial charge in [-0.15, -0.1) is 0 Å². The van der Waals surface area contributed by atoms with Gasteiger partial charge in [-0.25, -0.2) is 9.37 Å². The molecule has 1 aliphatic rings. The largest absolute Gasteiger partial charge is 0.365 e. The van der Waals surface area contributed by atoms with Gasteiger partial charge in [-0.05, 0) is 30.5 Å². The van der Waals surface area contributed by atoms with E-state index in [-0.39, 0.29) is 23.1 Å². The summed E-state index contributed by atoms with van der Waals surface area (Å²) in [6.45, 7) is 4.68. The van der Waals surface area contributed by atoms with E-state index in [0.717, 1.165) is 19.0 Å². The molecule has 1 fully saturated rings. The van der Waals surface area contributed by atoms with E-state index in [1.807, 2.05) is 0 Å². The number of carbonyl (C=O) groups is 1. The molecule has 1 aromatic heterocycles. The van der Waals surface area contributed by atoms with Crippen molar-refractivity contribution in [2.24, 2.45) is 0 Å². The molecule has 7 heteroatoms. The van der Waals surface area contributed by atoms with Crippen molar-refractivity contribution in [3.05, 3.63) is 30.0 Å². The van der Waals surface area contributed by atoms with Crippen LogP contribution in [-0.2, 0) is 4.79 Å². The molecule has 102 valence electrons. The van der Waals surface area contributed by atoms with E-state index < -0.39 is 5.82 Å². The lowest BCUT2D eigenvalue weighted by Gasteiger charge is -2.32. The molecule has 0 aliphatic carbocycles. The highest BCUT2D eigenvalue weighted by Crippen LogP contribution is 2.18. The number of hydrogen-bond acceptors (Lipinski definition) is 4. The van der Waals surface area contributed by atoms with Gasteiger partial charge in [-0.2, -0.15) is 4.98 Å². The first kappa shape index (κ1) is 13.7. The zero-order valence-electron chi connectivity index (χ0n) is 10.3. The predicted molar refractivity (Wildman–Crippen MR) is 70.4 cm³/mol. The van der Waals surface area contributed by atoms with Crippen molar-refractivity contribution in [2.45, 2.75) is 18.9 Å². The molecule has 1 N–H and O–H groups in total. The molecule has 19 heavy (non-hydrogen) atoms. The van der Waals surface area contributed by atoms with Crippen LogP contribution in [0.25, 0.3) is 0 Å². The Hall–Kier alpha value is -1.69. The molecule has 0 unspecified atom stereocenters. The topological polar surface area (TPSA) is 58.1 Å². The number of hydrogen-bond donors (Lipinski definition) is 1. The quantitative estimate of drug-likeness (QED) is 0.680. The van der Waals surface area contributed by atoms with Gasteiger partial charge in [-0.3, -0.25) is 4.79 Å². The van der Waals surface area contributed by atoms with Gasteiger partial charge >= 0.3 is 0 Å². The number of likely N-dealkylation sites (tertiary alicyclic amines) is 1. The number of piperidine rings is 1. The van der Waals surface area contributed by atoms with Gasteiger partial charge in [0.25, 0.3) is 0 Å². The molecule has 1 aromatic rings. The average molecular weight is 285 g/mol. The second-order valence-corrected chi connectivity index (χ2v) is 4.62. The van der Waals surface area contributed by atoms with Crippen LogP contribution in [0.3, 0.4) is 0 Å². The molecule has 2 rings (SSSR count). The van der Waals surface area contributed by atoms with Crippen molar-refractivity contribution < 1.29 is 9.18 Å². The van der Waals surface area contributed by atoms with Crippen molar-refractivity contribution in [3.8, 4) is 0 Å². The summed E-state index contributed by atoms with van der Waals surface area (Å²) in [6, 6.07) is 0.0642. The molecular formula is C12H14ClFN4O. The highest BCUT2D eigenvalue weighted by molar-refractivity contribution is 6.28. The van der Waals surface area contributed by atoms with E-state index in [0.29, 0.717) is 13.1 Å². The van der Waals surface area contributed by atoms with Crippen molar-refractivity contribution >= 4 is 23.3 Å². The zero-order chi connectivity index (χ0) is 13.8. The molecule has 2 heterocycles. The molecule has 0 atom stereocenters. The fourth-order valence-electron chi connectivity index (χ4n) is 2.01. The van der Waals surface area contributed by atoms with Crippen molar-refractivity contribution in [3.63, 3.8) is 0 Å². The van der Waals surface area contributed by atoms with E-state index in [1.54, 1.807) is 4.90 Å². The predicted octanol–water partition coefficient (Wildman–Crippen LogP) is 1.86. The maximum Gasteiger partial charge on any atom is 0.245 e. The summed E-state index contributed by atoms with van der Waals surface area (Å²) < 4.78 is 13.5. The second-order valence-electron chi connectivity index (χ2n) is 4.28. The van der Waals surface area contributed by atoms with Crippen molar-refractivity contribution in [2.75, 3.05) is 18.4 Å². The lowest BCUT2D eigenvalue weighted by Crippen LogP contribution is -2.41. The fraction of sp³-hybridized carbons (Fsp3) is 0.417. The number of nitrogens with one attached hydrogen (secondary N) is 1. The van der Waals surface area contributed by atoms with E-state index >= 15 is 0 Å². The minimum Gasteiger partial charge on any atom is -0.365 e. The van der Waals surface area contributed by atoms with Crippen LogP contribution >= 0.6 is 11.6 Å². The van der Waals surface area contributed by atoms with Gasteiger partial charge in [0.15, 0.2) is 11.6 Å².